The average Bonchev–Trinajstić information content (AvgIpc) is 2.48. The molecule has 2 rings (SSSR count). The van der Waals surface area contributed by atoms with Gasteiger partial charge in [-0.2, -0.15) is 0 Å². The molecule has 0 atom stereocenters. The highest BCUT2D eigenvalue weighted by Gasteiger charge is 2.13. The maximum atomic E-state index is 12.0. The lowest BCUT2D eigenvalue weighted by molar-refractivity contribution is 0.102. The number of carbonyl (C=O) groups is 1. The molecule has 0 aliphatic heterocycles. The molecule has 1 amide bonds. The molecule has 0 aliphatic rings. The number of hydrazine groups is 1. The SMILES string of the molecule is NNc1cnc(C(=O)Nc2ccc(Br)c(Cl)c2Cl)cn1. The number of anilines is 2. The van der Waals surface area contributed by atoms with Crippen LogP contribution < -0.4 is 16.6 Å². The van der Waals surface area contributed by atoms with Crippen LogP contribution in [0.5, 0.6) is 0 Å². The fraction of sp³-hybridized carbons (Fsp3) is 0. The van der Waals surface area contributed by atoms with Crippen LogP contribution in [0.3, 0.4) is 0 Å². The molecule has 1 aromatic carbocycles. The molecular formula is C11H8BrCl2N5O. The molecule has 20 heavy (non-hydrogen) atoms. The van der Waals surface area contributed by atoms with Gasteiger partial charge in [-0.15, -0.1) is 0 Å². The van der Waals surface area contributed by atoms with Gasteiger partial charge in [0.1, 0.15) is 5.69 Å². The van der Waals surface area contributed by atoms with Crippen molar-refractivity contribution in [3.05, 3.63) is 44.7 Å². The van der Waals surface area contributed by atoms with E-state index in [0.29, 0.717) is 21.0 Å². The zero-order valence-electron chi connectivity index (χ0n) is 9.82. The predicted molar refractivity (Wildman–Crippen MR) is 82.0 cm³/mol. The summed E-state index contributed by atoms with van der Waals surface area (Å²) in [6, 6.07) is 3.30. The third-order valence-electron chi connectivity index (χ3n) is 2.32. The van der Waals surface area contributed by atoms with E-state index in [4.69, 9.17) is 29.0 Å². The van der Waals surface area contributed by atoms with Crippen molar-refractivity contribution in [1.82, 2.24) is 9.97 Å². The molecule has 1 heterocycles. The van der Waals surface area contributed by atoms with Gasteiger partial charge in [0.25, 0.3) is 5.91 Å². The Morgan fingerprint density at radius 1 is 1.20 bits per heavy atom. The molecule has 0 radical (unpaired) electrons. The van der Waals surface area contributed by atoms with E-state index in [1.807, 2.05) is 0 Å². The molecule has 4 N–H and O–H groups in total. The number of halogens is 3. The van der Waals surface area contributed by atoms with Crippen LogP contribution in [0, 0.1) is 0 Å². The average molecular weight is 377 g/mol. The number of benzene rings is 1. The van der Waals surface area contributed by atoms with Crippen molar-refractivity contribution < 1.29 is 4.79 Å². The zero-order chi connectivity index (χ0) is 14.7. The number of nitrogens with two attached hydrogens (primary N) is 1. The van der Waals surface area contributed by atoms with Gasteiger partial charge in [-0.05, 0) is 28.1 Å². The molecule has 0 bridgehead atoms. The number of carbonyl (C=O) groups excluding carboxylic acids is 1. The van der Waals surface area contributed by atoms with E-state index in [1.165, 1.54) is 12.4 Å². The largest absolute Gasteiger partial charge is 0.319 e. The number of nitrogen functional groups attached to an aromatic ring is 1. The highest BCUT2D eigenvalue weighted by molar-refractivity contribution is 9.10. The van der Waals surface area contributed by atoms with Crippen LogP contribution in [0.4, 0.5) is 11.5 Å². The van der Waals surface area contributed by atoms with E-state index in [1.54, 1.807) is 12.1 Å². The number of amides is 1. The fourth-order valence-corrected chi connectivity index (χ4v) is 2.15. The first kappa shape index (κ1) is 15.0. The van der Waals surface area contributed by atoms with Gasteiger partial charge in [-0.1, -0.05) is 23.2 Å². The number of rotatable bonds is 3. The van der Waals surface area contributed by atoms with Gasteiger partial charge in [0.05, 0.1) is 28.1 Å². The van der Waals surface area contributed by atoms with Crippen LogP contribution >= 0.6 is 39.1 Å². The summed E-state index contributed by atoms with van der Waals surface area (Å²) in [5.74, 6) is 5.06. The van der Waals surface area contributed by atoms with Crippen molar-refractivity contribution in [2.24, 2.45) is 5.84 Å². The molecule has 0 fully saturated rings. The summed E-state index contributed by atoms with van der Waals surface area (Å²) in [6.07, 6.45) is 2.63. The number of hydrogen-bond acceptors (Lipinski definition) is 5. The van der Waals surface area contributed by atoms with E-state index in [0.717, 1.165) is 0 Å². The van der Waals surface area contributed by atoms with Crippen LogP contribution in [-0.2, 0) is 0 Å². The van der Waals surface area contributed by atoms with Crippen molar-refractivity contribution in [3.8, 4) is 0 Å². The van der Waals surface area contributed by atoms with Gasteiger partial charge in [0, 0.05) is 4.47 Å². The normalized spacial score (nSPS) is 10.2. The predicted octanol–water partition coefficient (Wildman–Crippen LogP) is 3.08. The van der Waals surface area contributed by atoms with E-state index in [2.05, 4.69) is 36.6 Å². The summed E-state index contributed by atoms with van der Waals surface area (Å²) in [5.41, 5.74) is 2.82. The molecule has 0 unspecified atom stereocenters. The summed E-state index contributed by atoms with van der Waals surface area (Å²) >= 11 is 15.2. The molecule has 0 aliphatic carbocycles. The van der Waals surface area contributed by atoms with Crippen LogP contribution in [-0.4, -0.2) is 15.9 Å². The second kappa shape index (κ2) is 6.36. The first-order valence-corrected chi connectivity index (χ1v) is 6.81. The molecule has 2 aromatic rings. The zero-order valence-corrected chi connectivity index (χ0v) is 12.9. The first-order chi connectivity index (χ1) is 9.52. The first-order valence-electron chi connectivity index (χ1n) is 5.26. The minimum absolute atomic E-state index is 0.124. The molecule has 0 spiro atoms. The van der Waals surface area contributed by atoms with E-state index in [-0.39, 0.29) is 10.7 Å². The van der Waals surface area contributed by atoms with Crippen LogP contribution in [0.15, 0.2) is 29.0 Å². The molecule has 9 heteroatoms. The molecule has 6 nitrogen and oxygen atoms in total. The Hall–Kier alpha value is -1.41. The highest BCUT2D eigenvalue weighted by atomic mass is 79.9. The second-order valence-corrected chi connectivity index (χ2v) is 5.22. The van der Waals surface area contributed by atoms with Crippen molar-refractivity contribution in [1.29, 1.82) is 0 Å². The number of nitrogens with zero attached hydrogens (tertiary/aromatic N) is 2. The third-order valence-corrected chi connectivity index (χ3v) is 4.09. The Kier molecular flexibility index (Phi) is 4.77. The van der Waals surface area contributed by atoms with E-state index in [9.17, 15) is 4.79 Å². The number of nitrogens with one attached hydrogen (secondary N) is 2. The Bertz CT molecular complexity index is 650. The van der Waals surface area contributed by atoms with Crippen molar-refractivity contribution in [2.75, 3.05) is 10.7 Å². The maximum Gasteiger partial charge on any atom is 0.275 e. The van der Waals surface area contributed by atoms with E-state index < -0.39 is 5.91 Å². The number of hydrogen-bond donors (Lipinski definition) is 3. The van der Waals surface area contributed by atoms with Gasteiger partial charge in [0.2, 0.25) is 0 Å². The minimum atomic E-state index is -0.457. The fourth-order valence-electron chi connectivity index (χ4n) is 1.33. The van der Waals surface area contributed by atoms with Gasteiger partial charge >= 0.3 is 0 Å². The minimum Gasteiger partial charge on any atom is -0.319 e. The molecule has 0 saturated carbocycles. The van der Waals surface area contributed by atoms with Gasteiger partial charge in [-0.25, -0.2) is 15.8 Å². The molecule has 104 valence electrons. The molecule has 1 aromatic heterocycles. The standard InChI is InChI=1S/C11H8BrCl2N5O/c12-5-1-2-6(10(14)9(5)13)18-11(20)7-3-17-8(19-15)4-16-7/h1-4H,15H2,(H,17,19)(H,18,20). The second-order valence-electron chi connectivity index (χ2n) is 3.61. The number of aromatic nitrogens is 2. The summed E-state index contributed by atoms with van der Waals surface area (Å²) in [4.78, 5) is 19.8. The molecule has 0 saturated heterocycles. The van der Waals surface area contributed by atoms with Gasteiger partial charge < -0.3 is 10.7 Å². The third kappa shape index (κ3) is 3.18. The lowest BCUT2D eigenvalue weighted by Crippen LogP contribution is -2.16. The Morgan fingerprint density at radius 2 is 1.95 bits per heavy atom. The van der Waals surface area contributed by atoms with E-state index >= 15 is 0 Å². The Labute approximate surface area is 132 Å². The monoisotopic (exact) mass is 375 g/mol. The Morgan fingerprint density at radius 3 is 2.55 bits per heavy atom. The van der Waals surface area contributed by atoms with Crippen LogP contribution in [0.25, 0.3) is 0 Å². The summed E-state index contributed by atoms with van der Waals surface area (Å²) in [5, 5.41) is 3.16. The van der Waals surface area contributed by atoms with Crippen molar-refractivity contribution >= 4 is 56.5 Å². The topological polar surface area (TPSA) is 92.9 Å². The van der Waals surface area contributed by atoms with Crippen molar-refractivity contribution in [3.63, 3.8) is 0 Å². The lowest BCUT2D eigenvalue weighted by atomic mass is 10.3. The quantitative estimate of drug-likeness (QED) is 0.434. The van der Waals surface area contributed by atoms with Crippen molar-refractivity contribution in [2.45, 2.75) is 0 Å². The summed E-state index contributed by atoms with van der Waals surface area (Å²) < 4.78 is 0.639. The Balaban J connectivity index is 2.21. The highest BCUT2D eigenvalue weighted by Crippen LogP contribution is 2.35. The summed E-state index contributed by atoms with van der Waals surface area (Å²) in [6.45, 7) is 0. The maximum absolute atomic E-state index is 12.0. The van der Waals surface area contributed by atoms with Crippen LogP contribution in [0.1, 0.15) is 10.5 Å². The molecular weight excluding hydrogens is 369 g/mol. The lowest BCUT2D eigenvalue weighted by Gasteiger charge is -2.09. The summed E-state index contributed by atoms with van der Waals surface area (Å²) in [7, 11) is 0. The van der Waals surface area contributed by atoms with Crippen LogP contribution in [0.2, 0.25) is 10.0 Å². The smallest absolute Gasteiger partial charge is 0.275 e. The van der Waals surface area contributed by atoms with Gasteiger partial charge in [-0.3, -0.25) is 4.79 Å². The van der Waals surface area contributed by atoms with Gasteiger partial charge in [0.15, 0.2) is 5.82 Å².